The first-order valence-corrected chi connectivity index (χ1v) is 7.81. The molecule has 0 bridgehead atoms. The van der Waals surface area contributed by atoms with E-state index in [-0.39, 0.29) is 23.6 Å². The molecule has 5 nitrogen and oxygen atoms in total. The first kappa shape index (κ1) is 15.3. The fourth-order valence-corrected chi connectivity index (χ4v) is 2.71. The molecule has 0 saturated carbocycles. The smallest absolute Gasteiger partial charge is 0.255 e. The molecule has 1 aliphatic heterocycles. The minimum Gasteiger partial charge on any atom is -0.467 e. The summed E-state index contributed by atoms with van der Waals surface area (Å²) < 4.78 is 19.1. The number of hydrogen-bond donors (Lipinski definition) is 1. The lowest BCUT2D eigenvalue weighted by molar-refractivity contribution is 0.0966. The van der Waals surface area contributed by atoms with Crippen molar-refractivity contribution in [2.75, 3.05) is 0 Å². The van der Waals surface area contributed by atoms with Gasteiger partial charge in [-0.3, -0.25) is 9.78 Å². The largest absolute Gasteiger partial charge is 0.467 e. The van der Waals surface area contributed by atoms with Crippen molar-refractivity contribution >= 4 is 11.8 Å². The molecule has 1 aliphatic carbocycles. The Hall–Kier alpha value is -3.28. The molecule has 4 rings (SSSR count). The Morgan fingerprint density at radius 1 is 1.20 bits per heavy atom. The Morgan fingerprint density at radius 3 is 2.84 bits per heavy atom. The van der Waals surface area contributed by atoms with E-state index in [0.29, 0.717) is 11.6 Å². The fraction of sp³-hybridized carbons (Fsp3) is 0.105. The Kier molecular flexibility index (Phi) is 3.85. The van der Waals surface area contributed by atoms with Crippen LogP contribution in [0.1, 0.15) is 15.9 Å². The summed E-state index contributed by atoms with van der Waals surface area (Å²) in [5.41, 5.74) is 1.73. The third kappa shape index (κ3) is 3.19. The summed E-state index contributed by atoms with van der Waals surface area (Å²) in [6.07, 6.45) is 8.61. The van der Waals surface area contributed by atoms with Gasteiger partial charge >= 0.3 is 0 Å². The number of ether oxygens (including phenoxy) is 1. The molecular formula is C19H14FN3O2. The van der Waals surface area contributed by atoms with Gasteiger partial charge in [0, 0.05) is 29.2 Å². The monoisotopic (exact) mass is 335 g/mol. The van der Waals surface area contributed by atoms with Crippen LogP contribution in [0.2, 0.25) is 0 Å². The quantitative estimate of drug-likeness (QED) is 0.938. The highest BCUT2D eigenvalue weighted by Crippen LogP contribution is 2.24. The molecule has 2 heterocycles. The molecule has 0 fully saturated rings. The SMILES string of the molecule is O=C(NC1=C[C@@H]2N=C(c3ccncc3)O[C@H]2C=C1)c1cccc(F)c1. The van der Waals surface area contributed by atoms with Gasteiger partial charge in [-0.25, -0.2) is 9.38 Å². The van der Waals surface area contributed by atoms with E-state index in [4.69, 9.17) is 4.74 Å². The van der Waals surface area contributed by atoms with E-state index < -0.39 is 5.82 Å². The molecule has 1 aromatic carbocycles. The molecule has 0 saturated heterocycles. The number of carbonyl (C=O) groups excluding carboxylic acids is 1. The van der Waals surface area contributed by atoms with E-state index in [1.165, 1.54) is 18.2 Å². The fourth-order valence-electron chi connectivity index (χ4n) is 2.71. The molecular weight excluding hydrogens is 321 g/mol. The molecule has 2 aromatic rings. The zero-order chi connectivity index (χ0) is 17.2. The number of fused-ring (bicyclic) bond motifs is 1. The van der Waals surface area contributed by atoms with Gasteiger partial charge in [-0.15, -0.1) is 0 Å². The number of carbonyl (C=O) groups is 1. The van der Waals surface area contributed by atoms with Gasteiger partial charge in [0.05, 0.1) is 0 Å². The Balaban J connectivity index is 1.51. The average Bonchev–Trinajstić information content (AvgIpc) is 3.06. The lowest BCUT2D eigenvalue weighted by atomic mass is 10.0. The maximum absolute atomic E-state index is 13.2. The normalized spacial score (nSPS) is 21.0. The summed E-state index contributed by atoms with van der Waals surface area (Å²) >= 11 is 0. The Bertz CT molecular complexity index is 906. The topological polar surface area (TPSA) is 63.6 Å². The van der Waals surface area contributed by atoms with Gasteiger partial charge in [0.15, 0.2) is 0 Å². The number of pyridine rings is 1. The molecule has 25 heavy (non-hydrogen) atoms. The van der Waals surface area contributed by atoms with E-state index in [0.717, 1.165) is 5.56 Å². The first-order chi connectivity index (χ1) is 12.2. The number of benzene rings is 1. The molecule has 1 aromatic heterocycles. The molecule has 0 spiro atoms. The predicted octanol–water partition coefficient (Wildman–Crippen LogP) is 2.62. The molecule has 0 radical (unpaired) electrons. The highest BCUT2D eigenvalue weighted by Gasteiger charge is 2.30. The van der Waals surface area contributed by atoms with Crippen LogP contribution in [0.3, 0.4) is 0 Å². The number of nitrogens with zero attached hydrogens (tertiary/aromatic N) is 2. The second-order valence-corrected chi connectivity index (χ2v) is 5.69. The van der Waals surface area contributed by atoms with Gasteiger partial charge < -0.3 is 10.1 Å². The van der Waals surface area contributed by atoms with Gasteiger partial charge in [-0.1, -0.05) is 6.07 Å². The molecule has 2 aliphatic rings. The molecule has 1 N–H and O–H groups in total. The number of hydrogen-bond acceptors (Lipinski definition) is 4. The standard InChI is InChI=1S/C19H14FN3O2/c20-14-3-1-2-13(10-14)18(24)22-15-4-5-17-16(11-15)23-19(25-17)12-6-8-21-9-7-12/h1-11,16-17H,(H,22,24)/t16-,17-/m0/s1. The Labute approximate surface area is 143 Å². The van der Waals surface area contributed by atoms with Crippen LogP contribution in [0.5, 0.6) is 0 Å². The van der Waals surface area contributed by atoms with Crippen LogP contribution in [-0.2, 0) is 4.74 Å². The van der Waals surface area contributed by atoms with Gasteiger partial charge in [0.1, 0.15) is 18.0 Å². The van der Waals surface area contributed by atoms with E-state index in [1.54, 1.807) is 24.5 Å². The third-order valence-electron chi connectivity index (χ3n) is 3.94. The number of aliphatic imine (C=N–C) groups is 1. The summed E-state index contributed by atoms with van der Waals surface area (Å²) in [6.45, 7) is 0. The molecule has 124 valence electrons. The second-order valence-electron chi connectivity index (χ2n) is 5.69. The van der Waals surface area contributed by atoms with Crippen LogP contribution in [-0.4, -0.2) is 28.9 Å². The highest BCUT2D eigenvalue weighted by atomic mass is 19.1. The van der Waals surface area contributed by atoms with Crippen molar-refractivity contribution in [1.29, 1.82) is 0 Å². The van der Waals surface area contributed by atoms with E-state index >= 15 is 0 Å². The van der Waals surface area contributed by atoms with Crippen LogP contribution in [0.25, 0.3) is 0 Å². The summed E-state index contributed by atoms with van der Waals surface area (Å²) in [4.78, 5) is 20.7. The van der Waals surface area contributed by atoms with Crippen LogP contribution >= 0.6 is 0 Å². The van der Waals surface area contributed by atoms with Crippen molar-refractivity contribution < 1.29 is 13.9 Å². The zero-order valence-corrected chi connectivity index (χ0v) is 13.1. The van der Waals surface area contributed by atoms with Crippen LogP contribution < -0.4 is 5.32 Å². The number of aromatic nitrogens is 1. The lowest BCUT2D eigenvalue weighted by Gasteiger charge is -2.17. The average molecular weight is 335 g/mol. The van der Waals surface area contributed by atoms with Crippen molar-refractivity contribution in [3.8, 4) is 0 Å². The van der Waals surface area contributed by atoms with Gasteiger partial charge in [-0.2, -0.15) is 0 Å². The van der Waals surface area contributed by atoms with E-state index in [9.17, 15) is 9.18 Å². The molecule has 2 atom stereocenters. The molecule has 6 heteroatoms. The van der Waals surface area contributed by atoms with Crippen molar-refractivity contribution in [3.05, 3.63) is 89.7 Å². The summed E-state index contributed by atoms with van der Waals surface area (Å²) in [6, 6.07) is 9.01. The number of amides is 1. The summed E-state index contributed by atoms with van der Waals surface area (Å²) in [5, 5.41) is 2.76. The van der Waals surface area contributed by atoms with Crippen LogP contribution in [0.15, 0.2) is 77.7 Å². The number of rotatable bonds is 3. The van der Waals surface area contributed by atoms with Crippen molar-refractivity contribution in [3.63, 3.8) is 0 Å². The number of allylic oxidation sites excluding steroid dienone is 1. The van der Waals surface area contributed by atoms with Gasteiger partial charge in [-0.05, 0) is 48.6 Å². The Morgan fingerprint density at radius 2 is 2.04 bits per heavy atom. The second kappa shape index (κ2) is 6.32. The number of halogens is 1. The summed E-state index contributed by atoms with van der Waals surface area (Å²) in [5.74, 6) is -0.265. The number of nitrogens with one attached hydrogen (secondary N) is 1. The molecule has 1 amide bonds. The minimum atomic E-state index is -0.448. The predicted molar refractivity (Wildman–Crippen MR) is 90.5 cm³/mol. The maximum Gasteiger partial charge on any atom is 0.255 e. The van der Waals surface area contributed by atoms with Crippen molar-refractivity contribution in [1.82, 2.24) is 10.3 Å². The highest BCUT2D eigenvalue weighted by molar-refractivity contribution is 5.96. The summed E-state index contributed by atoms with van der Waals surface area (Å²) in [7, 11) is 0. The van der Waals surface area contributed by atoms with E-state index in [1.807, 2.05) is 24.3 Å². The van der Waals surface area contributed by atoms with Crippen LogP contribution in [0, 0.1) is 5.82 Å². The van der Waals surface area contributed by atoms with Crippen LogP contribution in [0.4, 0.5) is 4.39 Å². The van der Waals surface area contributed by atoms with Crippen molar-refractivity contribution in [2.45, 2.75) is 12.1 Å². The zero-order valence-electron chi connectivity index (χ0n) is 13.1. The van der Waals surface area contributed by atoms with Gasteiger partial charge in [0.25, 0.3) is 5.91 Å². The van der Waals surface area contributed by atoms with E-state index in [2.05, 4.69) is 15.3 Å². The van der Waals surface area contributed by atoms with Crippen molar-refractivity contribution in [2.24, 2.45) is 4.99 Å². The van der Waals surface area contributed by atoms with Gasteiger partial charge in [0.2, 0.25) is 5.90 Å². The minimum absolute atomic E-state index is 0.196. The first-order valence-electron chi connectivity index (χ1n) is 7.81. The molecule has 0 unspecified atom stereocenters. The third-order valence-corrected chi connectivity index (χ3v) is 3.94. The maximum atomic E-state index is 13.2. The lowest BCUT2D eigenvalue weighted by Crippen LogP contribution is -2.28.